The van der Waals surface area contributed by atoms with Gasteiger partial charge in [0.1, 0.15) is 6.61 Å². The average Bonchev–Trinajstić information content (AvgIpc) is 2.59. The van der Waals surface area contributed by atoms with Gasteiger partial charge in [-0.2, -0.15) is 13.2 Å². The number of piperidine rings is 1. The number of rotatable bonds is 4. The summed E-state index contributed by atoms with van der Waals surface area (Å²) >= 11 is 0. The Morgan fingerprint density at radius 1 is 1.25 bits per heavy atom. The van der Waals surface area contributed by atoms with Crippen molar-refractivity contribution in [2.75, 3.05) is 26.3 Å². The van der Waals surface area contributed by atoms with Crippen LogP contribution in [0.1, 0.15) is 13.8 Å². The summed E-state index contributed by atoms with van der Waals surface area (Å²) < 4.78 is 40.3. The molecule has 0 aromatic rings. The highest BCUT2D eigenvalue weighted by molar-refractivity contribution is 5.05. The summed E-state index contributed by atoms with van der Waals surface area (Å²) in [7, 11) is 0. The third kappa shape index (κ3) is 2.69. The Bertz CT molecular complexity index is 242. The Hall–Kier alpha value is -0.290. The fraction of sp³-hybridized carbons (Fsp3) is 1.00. The summed E-state index contributed by atoms with van der Waals surface area (Å²) in [5, 5.41) is 0. The van der Waals surface area contributed by atoms with Gasteiger partial charge in [0, 0.05) is 19.1 Å². The molecular formula is C11H18F3NO. The molecule has 2 nitrogen and oxygen atoms in total. The summed E-state index contributed by atoms with van der Waals surface area (Å²) in [6, 6.07) is 0.546. The van der Waals surface area contributed by atoms with Gasteiger partial charge < -0.3 is 9.64 Å². The van der Waals surface area contributed by atoms with Crippen molar-refractivity contribution in [3.05, 3.63) is 0 Å². The molecule has 2 unspecified atom stereocenters. The predicted molar refractivity (Wildman–Crippen MR) is 54.1 cm³/mol. The van der Waals surface area contributed by atoms with Crippen LogP contribution in [0, 0.1) is 17.8 Å². The van der Waals surface area contributed by atoms with Crippen LogP contribution in [0.3, 0.4) is 0 Å². The Kier molecular flexibility index (Phi) is 3.18. The second kappa shape index (κ2) is 4.18. The van der Waals surface area contributed by atoms with Crippen molar-refractivity contribution >= 4 is 0 Å². The van der Waals surface area contributed by atoms with E-state index >= 15 is 0 Å². The zero-order chi connectivity index (χ0) is 11.9. The van der Waals surface area contributed by atoms with E-state index in [4.69, 9.17) is 4.74 Å². The first-order valence-electron chi connectivity index (χ1n) is 5.77. The molecule has 16 heavy (non-hydrogen) atoms. The van der Waals surface area contributed by atoms with E-state index in [9.17, 15) is 13.2 Å². The molecule has 94 valence electrons. The molecule has 5 heteroatoms. The number of hydrogen-bond donors (Lipinski definition) is 0. The number of ether oxygens (including phenoxy) is 1. The molecule has 1 aliphatic carbocycles. The zero-order valence-electron chi connectivity index (χ0n) is 9.63. The first kappa shape index (κ1) is 12.2. The van der Waals surface area contributed by atoms with Gasteiger partial charge >= 0.3 is 6.18 Å². The Balaban J connectivity index is 1.63. The van der Waals surface area contributed by atoms with Gasteiger partial charge in [0.15, 0.2) is 0 Å². The van der Waals surface area contributed by atoms with Gasteiger partial charge in [-0.05, 0) is 31.6 Å². The van der Waals surface area contributed by atoms with E-state index in [0.717, 1.165) is 13.1 Å². The highest BCUT2D eigenvalue weighted by Gasteiger charge is 2.55. The van der Waals surface area contributed by atoms with Crippen molar-refractivity contribution in [3.63, 3.8) is 0 Å². The molecule has 0 aromatic carbocycles. The van der Waals surface area contributed by atoms with Crippen LogP contribution in [0.4, 0.5) is 13.2 Å². The monoisotopic (exact) mass is 237 g/mol. The Labute approximate surface area is 93.7 Å². The lowest BCUT2D eigenvalue weighted by Crippen LogP contribution is -2.32. The van der Waals surface area contributed by atoms with Crippen LogP contribution in [0.25, 0.3) is 0 Å². The van der Waals surface area contributed by atoms with Gasteiger partial charge in [-0.15, -0.1) is 0 Å². The lowest BCUT2D eigenvalue weighted by atomic mass is 10.2. The number of hydrogen-bond acceptors (Lipinski definition) is 2. The Morgan fingerprint density at radius 3 is 2.25 bits per heavy atom. The SMILES string of the molecule is CC(C)N1CC2C(COCC(F)(F)F)[C@H]2C1. The van der Waals surface area contributed by atoms with Crippen LogP contribution in [0.5, 0.6) is 0 Å². The predicted octanol–water partition coefficient (Wildman–Crippen LogP) is 2.15. The highest BCUT2D eigenvalue weighted by Crippen LogP contribution is 2.52. The van der Waals surface area contributed by atoms with Gasteiger partial charge in [-0.3, -0.25) is 0 Å². The Morgan fingerprint density at radius 2 is 1.81 bits per heavy atom. The molecule has 0 amide bonds. The topological polar surface area (TPSA) is 12.5 Å². The third-order valence-electron chi connectivity index (χ3n) is 3.71. The molecule has 0 radical (unpaired) electrons. The van der Waals surface area contributed by atoms with Crippen LogP contribution in [-0.2, 0) is 4.74 Å². The lowest BCUT2D eigenvalue weighted by molar-refractivity contribution is -0.175. The fourth-order valence-corrected chi connectivity index (χ4v) is 2.66. The quantitative estimate of drug-likeness (QED) is 0.743. The lowest BCUT2D eigenvalue weighted by Gasteiger charge is -2.23. The summed E-state index contributed by atoms with van der Waals surface area (Å²) in [4.78, 5) is 2.38. The first-order valence-corrected chi connectivity index (χ1v) is 5.77. The highest BCUT2D eigenvalue weighted by atomic mass is 19.4. The van der Waals surface area contributed by atoms with E-state index in [0.29, 0.717) is 23.8 Å². The molecule has 0 bridgehead atoms. The van der Waals surface area contributed by atoms with Crippen molar-refractivity contribution in [2.45, 2.75) is 26.1 Å². The van der Waals surface area contributed by atoms with E-state index in [-0.39, 0.29) is 6.61 Å². The van der Waals surface area contributed by atoms with Crippen molar-refractivity contribution in [1.29, 1.82) is 0 Å². The van der Waals surface area contributed by atoms with Crippen LogP contribution < -0.4 is 0 Å². The summed E-state index contributed by atoms with van der Waals surface area (Å²) in [5.41, 5.74) is 0. The first-order chi connectivity index (χ1) is 7.38. The number of nitrogens with zero attached hydrogens (tertiary/aromatic N) is 1. The summed E-state index contributed by atoms with van der Waals surface area (Å²) in [6.45, 7) is 5.54. The zero-order valence-corrected chi connectivity index (χ0v) is 9.63. The molecule has 0 spiro atoms. The van der Waals surface area contributed by atoms with Crippen LogP contribution in [0.2, 0.25) is 0 Å². The smallest absolute Gasteiger partial charge is 0.372 e. The van der Waals surface area contributed by atoms with Crippen molar-refractivity contribution < 1.29 is 17.9 Å². The molecule has 0 N–H and O–H groups in total. The maximum absolute atomic E-state index is 11.9. The average molecular weight is 237 g/mol. The van der Waals surface area contributed by atoms with E-state index in [1.807, 2.05) is 0 Å². The van der Waals surface area contributed by atoms with Gasteiger partial charge in [-0.25, -0.2) is 0 Å². The van der Waals surface area contributed by atoms with Gasteiger partial charge in [0.05, 0.1) is 6.61 Å². The second-order valence-corrected chi connectivity index (χ2v) is 5.17. The summed E-state index contributed by atoms with van der Waals surface area (Å²) in [6.07, 6.45) is -4.19. The molecule has 2 fully saturated rings. The number of fused-ring (bicyclic) bond motifs is 1. The molecular weight excluding hydrogens is 219 g/mol. The normalized spacial score (nSPS) is 34.5. The van der Waals surface area contributed by atoms with Crippen molar-refractivity contribution in [2.24, 2.45) is 17.8 Å². The fourth-order valence-electron chi connectivity index (χ4n) is 2.66. The second-order valence-electron chi connectivity index (χ2n) is 5.17. The molecule has 3 atom stereocenters. The maximum atomic E-state index is 11.9. The minimum atomic E-state index is -4.19. The maximum Gasteiger partial charge on any atom is 0.411 e. The van der Waals surface area contributed by atoms with Gasteiger partial charge in [-0.1, -0.05) is 0 Å². The van der Waals surface area contributed by atoms with Crippen LogP contribution in [0.15, 0.2) is 0 Å². The minimum absolute atomic E-state index is 0.279. The van der Waals surface area contributed by atoms with E-state index < -0.39 is 12.8 Å². The molecule has 0 aromatic heterocycles. The molecule has 2 rings (SSSR count). The molecule has 1 aliphatic heterocycles. The van der Waals surface area contributed by atoms with E-state index in [1.54, 1.807) is 0 Å². The van der Waals surface area contributed by atoms with Gasteiger partial charge in [0.2, 0.25) is 0 Å². The van der Waals surface area contributed by atoms with Crippen LogP contribution in [-0.4, -0.2) is 43.4 Å². The molecule has 1 saturated heterocycles. The molecule has 1 saturated carbocycles. The van der Waals surface area contributed by atoms with Crippen LogP contribution >= 0.6 is 0 Å². The number of alkyl halides is 3. The largest absolute Gasteiger partial charge is 0.411 e. The summed E-state index contributed by atoms with van der Waals surface area (Å²) in [5.74, 6) is 1.53. The van der Waals surface area contributed by atoms with E-state index in [2.05, 4.69) is 18.7 Å². The van der Waals surface area contributed by atoms with Crippen molar-refractivity contribution in [3.8, 4) is 0 Å². The van der Waals surface area contributed by atoms with Gasteiger partial charge in [0.25, 0.3) is 0 Å². The van der Waals surface area contributed by atoms with Crippen molar-refractivity contribution in [1.82, 2.24) is 4.90 Å². The standard InChI is InChI=1S/C11H18F3NO/c1-7(2)15-3-8-9(4-15)10(8)5-16-6-11(12,13)14/h7-10H,3-6H2,1-2H3/t8-,9?,10?/m0/s1. The molecule has 1 heterocycles. The van der Waals surface area contributed by atoms with E-state index in [1.165, 1.54) is 0 Å². The molecule has 2 aliphatic rings. The third-order valence-corrected chi connectivity index (χ3v) is 3.71. The minimum Gasteiger partial charge on any atom is -0.372 e. The number of likely N-dealkylation sites (tertiary alicyclic amines) is 1. The number of halogens is 3.